The van der Waals surface area contributed by atoms with Crippen LogP contribution in [-0.2, 0) is 4.79 Å². The summed E-state index contributed by atoms with van der Waals surface area (Å²) in [5.74, 6) is -1.65. The molecule has 4 aromatic rings. The lowest BCUT2D eigenvalue weighted by Gasteiger charge is -2.11. The Bertz CT molecular complexity index is 1170. The number of rotatable bonds is 4. The molecule has 0 aliphatic heterocycles. The van der Waals surface area contributed by atoms with Crippen LogP contribution in [0.4, 0.5) is 0 Å². The molecule has 0 atom stereocenters. The van der Waals surface area contributed by atoms with Crippen LogP contribution in [0.3, 0.4) is 0 Å². The number of benzene rings is 4. The topological polar surface area (TPSA) is 66.4 Å². The molecule has 0 aromatic heterocycles. The minimum absolute atomic E-state index is 0.171. The van der Waals surface area contributed by atoms with Crippen LogP contribution in [0.1, 0.15) is 15.9 Å². The van der Waals surface area contributed by atoms with Gasteiger partial charge in [0.2, 0.25) is 0 Å². The standard InChI is InChI=1S/C24H17NO3/c26-23(16-8-2-1-3-9-16)25-22(24(27)28)15-21-19-12-6-4-10-17(19)14-18-11-5-7-13-20(18)21/h1-15H,(H,25,26)(H,27,28)/b22-15+. The van der Waals surface area contributed by atoms with Gasteiger partial charge in [-0.25, -0.2) is 4.79 Å². The summed E-state index contributed by atoms with van der Waals surface area (Å²) in [4.78, 5) is 24.3. The van der Waals surface area contributed by atoms with Gasteiger partial charge in [-0.05, 0) is 51.4 Å². The van der Waals surface area contributed by atoms with Gasteiger partial charge in [0.15, 0.2) is 0 Å². The predicted molar refractivity (Wildman–Crippen MR) is 111 cm³/mol. The minimum atomic E-state index is -1.19. The molecule has 0 saturated carbocycles. The Labute approximate surface area is 161 Å². The van der Waals surface area contributed by atoms with E-state index in [2.05, 4.69) is 11.4 Å². The van der Waals surface area contributed by atoms with E-state index in [0.717, 1.165) is 27.1 Å². The number of carbonyl (C=O) groups excluding carboxylic acids is 1. The first-order valence-corrected chi connectivity index (χ1v) is 8.85. The molecule has 0 aliphatic carbocycles. The van der Waals surface area contributed by atoms with Crippen molar-refractivity contribution in [3.63, 3.8) is 0 Å². The van der Waals surface area contributed by atoms with Crippen LogP contribution >= 0.6 is 0 Å². The van der Waals surface area contributed by atoms with Gasteiger partial charge in [-0.1, -0.05) is 66.7 Å². The van der Waals surface area contributed by atoms with E-state index in [4.69, 9.17) is 0 Å². The maximum absolute atomic E-state index is 12.5. The van der Waals surface area contributed by atoms with Gasteiger partial charge >= 0.3 is 5.97 Å². The first kappa shape index (κ1) is 17.5. The second-order valence-electron chi connectivity index (χ2n) is 6.42. The summed E-state index contributed by atoms with van der Waals surface area (Å²) in [6.45, 7) is 0. The van der Waals surface area contributed by atoms with E-state index in [9.17, 15) is 14.7 Å². The molecule has 1 amide bonds. The molecular weight excluding hydrogens is 350 g/mol. The molecule has 0 bridgehead atoms. The Morgan fingerprint density at radius 2 is 1.29 bits per heavy atom. The summed E-state index contributed by atoms with van der Waals surface area (Å²) < 4.78 is 0. The van der Waals surface area contributed by atoms with Crippen molar-refractivity contribution < 1.29 is 14.7 Å². The summed E-state index contributed by atoms with van der Waals surface area (Å²) in [7, 11) is 0. The van der Waals surface area contributed by atoms with Crippen molar-refractivity contribution in [2.75, 3.05) is 0 Å². The normalized spacial score (nSPS) is 11.5. The van der Waals surface area contributed by atoms with Crippen molar-refractivity contribution in [2.24, 2.45) is 0 Å². The van der Waals surface area contributed by atoms with Crippen LogP contribution in [0, 0.1) is 0 Å². The lowest BCUT2D eigenvalue weighted by Crippen LogP contribution is -2.27. The third-order valence-corrected chi connectivity index (χ3v) is 4.62. The Morgan fingerprint density at radius 3 is 1.86 bits per heavy atom. The highest BCUT2D eigenvalue weighted by Gasteiger charge is 2.15. The van der Waals surface area contributed by atoms with Crippen LogP contribution in [0.15, 0.2) is 90.6 Å². The van der Waals surface area contributed by atoms with E-state index in [1.165, 1.54) is 6.08 Å². The predicted octanol–water partition coefficient (Wildman–Crippen LogP) is 4.85. The molecular formula is C24H17NO3. The molecule has 28 heavy (non-hydrogen) atoms. The van der Waals surface area contributed by atoms with E-state index < -0.39 is 11.9 Å². The average molecular weight is 367 g/mol. The van der Waals surface area contributed by atoms with Crippen LogP contribution in [0.25, 0.3) is 27.6 Å². The van der Waals surface area contributed by atoms with E-state index in [-0.39, 0.29) is 5.70 Å². The van der Waals surface area contributed by atoms with Crippen molar-refractivity contribution in [1.82, 2.24) is 5.32 Å². The molecule has 4 heteroatoms. The Kier molecular flexibility index (Phi) is 4.60. The summed E-state index contributed by atoms with van der Waals surface area (Å²) in [5.41, 5.74) is 0.993. The van der Waals surface area contributed by atoms with Crippen LogP contribution in [-0.4, -0.2) is 17.0 Å². The van der Waals surface area contributed by atoms with Gasteiger partial charge in [0, 0.05) is 5.56 Å². The second kappa shape index (κ2) is 7.37. The van der Waals surface area contributed by atoms with E-state index >= 15 is 0 Å². The number of nitrogens with one attached hydrogen (secondary N) is 1. The average Bonchev–Trinajstić information content (AvgIpc) is 2.73. The summed E-state index contributed by atoms with van der Waals surface area (Å²) in [5, 5.41) is 16.1. The molecule has 4 rings (SSSR count). The highest BCUT2D eigenvalue weighted by Crippen LogP contribution is 2.30. The first-order chi connectivity index (χ1) is 13.6. The molecule has 0 spiro atoms. The molecule has 4 nitrogen and oxygen atoms in total. The maximum atomic E-state index is 12.5. The van der Waals surface area contributed by atoms with Crippen molar-refractivity contribution in [3.05, 3.63) is 102 Å². The van der Waals surface area contributed by atoms with E-state index in [1.807, 2.05) is 48.5 Å². The lowest BCUT2D eigenvalue weighted by atomic mass is 9.96. The van der Waals surface area contributed by atoms with Crippen molar-refractivity contribution in [3.8, 4) is 0 Å². The SMILES string of the molecule is O=C(O)/C(=C\c1c2ccccc2cc2ccccc12)NC(=O)c1ccccc1. The zero-order valence-corrected chi connectivity index (χ0v) is 14.9. The second-order valence-corrected chi connectivity index (χ2v) is 6.42. The van der Waals surface area contributed by atoms with Gasteiger partial charge < -0.3 is 10.4 Å². The van der Waals surface area contributed by atoms with Crippen molar-refractivity contribution in [1.29, 1.82) is 0 Å². The number of carbonyl (C=O) groups is 2. The van der Waals surface area contributed by atoms with Crippen molar-refractivity contribution in [2.45, 2.75) is 0 Å². The van der Waals surface area contributed by atoms with Crippen LogP contribution in [0.5, 0.6) is 0 Å². The third-order valence-electron chi connectivity index (χ3n) is 4.62. The first-order valence-electron chi connectivity index (χ1n) is 8.85. The van der Waals surface area contributed by atoms with Gasteiger partial charge in [0.25, 0.3) is 5.91 Å². The molecule has 0 saturated heterocycles. The van der Waals surface area contributed by atoms with Gasteiger partial charge in [-0.2, -0.15) is 0 Å². The van der Waals surface area contributed by atoms with Gasteiger partial charge in [-0.15, -0.1) is 0 Å². The molecule has 4 aromatic carbocycles. The largest absolute Gasteiger partial charge is 0.477 e. The summed E-state index contributed by atoms with van der Waals surface area (Å²) in [6, 6.07) is 26.2. The van der Waals surface area contributed by atoms with E-state index in [1.54, 1.807) is 30.3 Å². The van der Waals surface area contributed by atoms with Crippen molar-refractivity contribution >= 4 is 39.5 Å². The van der Waals surface area contributed by atoms with E-state index in [0.29, 0.717) is 5.56 Å². The maximum Gasteiger partial charge on any atom is 0.352 e. The third kappa shape index (κ3) is 3.35. The molecule has 0 heterocycles. The highest BCUT2D eigenvalue weighted by atomic mass is 16.4. The van der Waals surface area contributed by atoms with Gasteiger partial charge in [0.05, 0.1) is 0 Å². The smallest absolute Gasteiger partial charge is 0.352 e. The lowest BCUT2D eigenvalue weighted by molar-refractivity contribution is -0.132. The summed E-state index contributed by atoms with van der Waals surface area (Å²) in [6.07, 6.45) is 1.54. The quantitative estimate of drug-likeness (QED) is 0.400. The molecule has 136 valence electrons. The monoisotopic (exact) mass is 367 g/mol. The zero-order valence-electron chi connectivity index (χ0n) is 14.9. The molecule has 0 fully saturated rings. The molecule has 0 radical (unpaired) electrons. The van der Waals surface area contributed by atoms with Gasteiger partial charge in [0.1, 0.15) is 5.70 Å². The number of carboxylic acids is 1. The fourth-order valence-corrected chi connectivity index (χ4v) is 3.28. The Morgan fingerprint density at radius 1 is 0.750 bits per heavy atom. The number of hydrogen-bond acceptors (Lipinski definition) is 2. The number of carboxylic acid groups (broad SMARTS) is 1. The van der Waals surface area contributed by atoms with Crippen LogP contribution < -0.4 is 5.32 Å². The van der Waals surface area contributed by atoms with Gasteiger partial charge in [-0.3, -0.25) is 4.79 Å². The Hall–Kier alpha value is -3.92. The number of aliphatic carboxylic acids is 1. The number of fused-ring (bicyclic) bond motifs is 2. The summed E-state index contributed by atoms with van der Waals surface area (Å²) >= 11 is 0. The zero-order chi connectivity index (χ0) is 19.5. The molecule has 0 aliphatic rings. The molecule has 0 unspecified atom stereocenters. The number of amides is 1. The highest BCUT2D eigenvalue weighted by molar-refractivity contribution is 6.10. The van der Waals surface area contributed by atoms with Crippen LogP contribution in [0.2, 0.25) is 0 Å². The number of hydrogen-bond donors (Lipinski definition) is 2. The fraction of sp³-hybridized carbons (Fsp3) is 0. The minimum Gasteiger partial charge on any atom is -0.477 e. The Balaban J connectivity index is 1.87. The fourth-order valence-electron chi connectivity index (χ4n) is 3.28. The molecule has 2 N–H and O–H groups in total.